The first-order valence-electron chi connectivity index (χ1n) is 8.68. The van der Waals surface area contributed by atoms with Gasteiger partial charge in [-0.25, -0.2) is 9.97 Å². The molecule has 170 valence electrons. The second-order valence-corrected chi connectivity index (χ2v) is 7.01. The lowest BCUT2D eigenvalue weighted by atomic mass is 10.2. The summed E-state index contributed by atoms with van der Waals surface area (Å²) in [5, 5.41) is -0.685. The van der Waals surface area contributed by atoms with Crippen molar-refractivity contribution in [3.8, 4) is 23.0 Å². The Morgan fingerprint density at radius 2 is 1.69 bits per heavy atom. The summed E-state index contributed by atoms with van der Waals surface area (Å²) >= 11 is 5.50. The molecule has 32 heavy (non-hydrogen) atoms. The molecule has 0 saturated carbocycles. The molecule has 0 radical (unpaired) electrons. The van der Waals surface area contributed by atoms with E-state index < -0.39 is 51.5 Å². The summed E-state index contributed by atoms with van der Waals surface area (Å²) in [6.45, 7) is 0. The van der Waals surface area contributed by atoms with Crippen LogP contribution in [0.3, 0.4) is 0 Å². The number of alkyl halides is 6. The predicted molar refractivity (Wildman–Crippen MR) is 104 cm³/mol. The largest absolute Gasteiger partial charge is 0.449 e. The summed E-state index contributed by atoms with van der Waals surface area (Å²) in [6.07, 6.45) is -10.0. The Morgan fingerprint density at radius 3 is 2.28 bits per heavy atom. The molecule has 2 heterocycles. The van der Waals surface area contributed by atoms with Crippen molar-refractivity contribution < 1.29 is 31.1 Å². The van der Waals surface area contributed by atoms with Gasteiger partial charge in [0.15, 0.2) is 11.5 Å². The first kappa shape index (κ1) is 23.4. The molecule has 6 nitrogen and oxygen atoms in total. The number of halogens is 7. The van der Waals surface area contributed by atoms with Crippen molar-refractivity contribution in [3.05, 3.63) is 63.0 Å². The molecule has 1 aromatic carbocycles. The van der Waals surface area contributed by atoms with Crippen LogP contribution in [-0.4, -0.2) is 29.0 Å². The summed E-state index contributed by atoms with van der Waals surface area (Å²) in [6, 6.07) is 6.50. The highest BCUT2D eigenvalue weighted by molar-refractivity contribution is 6.31. The van der Waals surface area contributed by atoms with Crippen LogP contribution in [0.4, 0.5) is 32.2 Å². The summed E-state index contributed by atoms with van der Waals surface area (Å²) in [5.74, 6) is -2.11. The average molecular weight is 479 g/mol. The van der Waals surface area contributed by atoms with Crippen LogP contribution in [-0.2, 0) is 12.4 Å². The number of rotatable bonds is 4. The van der Waals surface area contributed by atoms with Gasteiger partial charge in [-0.05, 0) is 30.3 Å². The van der Waals surface area contributed by atoms with E-state index in [1.54, 1.807) is 25.1 Å². The monoisotopic (exact) mass is 478 g/mol. The molecule has 0 fully saturated rings. The molecule has 0 amide bonds. The smallest absolute Gasteiger partial charge is 0.437 e. The Morgan fingerprint density at radius 1 is 1.00 bits per heavy atom. The van der Waals surface area contributed by atoms with Crippen molar-refractivity contribution >= 4 is 17.4 Å². The Bertz CT molecular complexity index is 1210. The lowest BCUT2D eigenvalue weighted by Gasteiger charge is -2.16. The maximum absolute atomic E-state index is 13.6. The molecule has 0 bridgehead atoms. The summed E-state index contributed by atoms with van der Waals surface area (Å²) in [7, 11) is 3.31. The normalized spacial score (nSPS) is 12.0. The standard InChI is InChI=1S/C19H13ClF6N4O2/c1-30(2)13-5-3-4-12(27-13)16-28-15(19(24,25)26)14(17(31)29-16)32-9-6-7-11(20)10(8-9)18(21,22)23/h3-8H,1-2H3,(H,28,29,31). The lowest BCUT2D eigenvalue weighted by molar-refractivity contribution is -0.142. The third kappa shape index (κ3) is 4.96. The van der Waals surface area contributed by atoms with Crippen LogP contribution in [0.2, 0.25) is 5.02 Å². The van der Waals surface area contributed by atoms with Gasteiger partial charge in [0.2, 0.25) is 5.75 Å². The van der Waals surface area contributed by atoms with Crippen molar-refractivity contribution in [2.45, 2.75) is 12.4 Å². The Labute approximate surface area is 181 Å². The SMILES string of the molecule is CN(C)c1cccc(-c2nc(C(F)(F)F)c(Oc3ccc(Cl)c(C(F)(F)F)c3)c(=O)[nH]2)n1. The van der Waals surface area contributed by atoms with Crippen LogP contribution in [0.5, 0.6) is 11.5 Å². The first-order chi connectivity index (χ1) is 14.8. The maximum atomic E-state index is 13.6. The van der Waals surface area contributed by atoms with E-state index in [-0.39, 0.29) is 5.69 Å². The van der Waals surface area contributed by atoms with Gasteiger partial charge < -0.3 is 14.6 Å². The van der Waals surface area contributed by atoms with E-state index in [0.29, 0.717) is 11.9 Å². The minimum Gasteiger partial charge on any atom is -0.449 e. The molecule has 3 aromatic rings. The van der Waals surface area contributed by atoms with Crippen LogP contribution in [0.25, 0.3) is 11.5 Å². The Hall–Kier alpha value is -3.28. The van der Waals surface area contributed by atoms with Crippen molar-refractivity contribution in [1.29, 1.82) is 0 Å². The van der Waals surface area contributed by atoms with Crippen LogP contribution in [0, 0.1) is 0 Å². The number of aromatic amines is 1. The Balaban J connectivity index is 2.12. The number of hydrogen-bond donors (Lipinski definition) is 1. The number of nitrogens with zero attached hydrogens (tertiary/aromatic N) is 3. The third-order valence-corrected chi connectivity index (χ3v) is 4.37. The zero-order valence-electron chi connectivity index (χ0n) is 16.3. The minimum atomic E-state index is -5.16. The van der Waals surface area contributed by atoms with Gasteiger partial charge in [0.1, 0.15) is 17.3 Å². The van der Waals surface area contributed by atoms with E-state index in [0.717, 1.165) is 12.1 Å². The molecule has 0 saturated heterocycles. The van der Waals surface area contributed by atoms with Crippen molar-refractivity contribution in [2.75, 3.05) is 19.0 Å². The number of H-pyrrole nitrogens is 1. The van der Waals surface area contributed by atoms with Crippen LogP contribution in [0.15, 0.2) is 41.2 Å². The maximum Gasteiger partial charge on any atom is 0.437 e. The highest BCUT2D eigenvalue weighted by Gasteiger charge is 2.39. The molecule has 0 atom stereocenters. The molecule has 0 aliphatic rings. The topological polar surface area (TPSA) is 71.1 Å². The van der Waals surface area contributed by atoms with E-state index in [1.165, 1.54) is 12.1 Å². The van der Waals surface area contributed by atoms with Crippen molar-refractivity contribution in [3.63, 3.8) is 0 Å². The zero-order valence-corrected chi connectivity index (χ0v) is 17.0. The van der Waals surface area contributed by atoms with Gasteiger partial charge in [0.25, 0.3) is 5.56 Å². The summed E-state index contributed by atoms with van der Waals surface area (Å²) < 4.78 is 84.9. The number of ether oxygens (including phenoxy) is 1. The molecule has 0 spiro atoms. The fourth-order valence-corrected chi connectivity index (χ4v) is 2.80. The number of anilines is 1. The van der Waals surface area contributed by atoms with E-state index in [9.17, 15) is 31.1 Å². The number of benzene rings is 1. The highest BCUT2D eigenvalue weighted by Crippen LogP contribution is 2.39. The van der Waals surface area contributed by atoms with Gasteiger partial charge in [0, 0.05) is 14.1 Å². The molecular formula is C19H13ClF6N4O2. The van der Waals surface area contributed by atoms with E-state index >= 15 is 0 Å². The van der Waals surface area contributed by atoms with Gasteiger partial charge in [-0.2, -0.15) is 26.3 Å². The van der Waals surface area contributed by atoms with Gasteiger partial charge in [-0.3, -0.25) is 4.79 Å². The fourth-order valence-electron chi connectivity index (χ4n) is 2.58. The van der Waals surface area contributed by atoms with E-state index in [1.807, 2.05) is 0 Å². The second-order valence-electron chi connectivity index (χ2n) is 6.61. The van der Waals surface area contributed by atoms with Crippen LogP contribution in [0.1, 0.15) is 11.3 Å². The minimum absolute atomic E-state index is 0.0591. The van der Waals surface area contributed by atoms with Gasteiger partial charge >= 0.3 is 12.4 Å². The average Bonchev–Trinajstić information content (AvgIpc) is 2.69. The number of pyridine rings is 1. The first-order valence-corrected chi connectivity index (χ1v) is 9.06. The van der Waals surface area contributed by atoms with Crippen molar-refractivity contribution in [1.82, 2.24) is 15.0 Å². The fraction of sp³-hybridized carbons (Fsp3) is 0.211. The Kier molecular flexibility index (Phi) is 6.09. The lowest BCUT2D eigenvalue weighted by Crippen LogP contribution is -2.21. The zero-order chi connectivity index (χ0) is 23.8. The number of aromatic nitrogens is 3. The van der Waals surface area contributed by atoms with Crippen LogP contribution >= 0.6 is 11.6 Å². The molecule has 13 heteroatoms. The van der Waals surface area contributed by atoms with Crippen molar-refractivity contribution in [2.24, 2.45) is 0 Å². The number of hydrogen-bond acceptors (Lipinski definition) is 5. The second kappa shape index (κ2) is 8.34. The van der Waals surface area contributed by atoms with Crippen LogP contribution < -0.4 is 15.2 Å². The van der Waals surface area contributed by atoms with Gasteiger partial charge in [-0.1, -0.05) is 17.7 Å². The molecule has 2 aromatic heterocycles. The third-order valence-electron chi connectivity index (χ3n) is 4.04. The van der Waals surface area contributed by atoms with Gasteiger partial charge in [0.05, 0.1) is 10.6 Å². The molecule has 1 N–H and O–H groups in total. The molecular weight excluding hydrogens is 466 g/mol. The highest BCUT2D eigenvalue weighted by atomic mass is 35.5. The van der Waals surface area contributed by atoms with E-state index in [4.69, 9.17) is 16.3 Å². The molecule has 0 aliphatic carbocycles. The summed E-state index contributed by atoms with van der Waals surface area (Å²) in [4.78, 5) is 23.7. The van der Waals surface area contributed by atoms with E-state index in [2.05, 4.69) is 15.0 Å². The quantitative estimate of drug-likeness (QED) is 0.510. The summed E-state index contributed by atoms with van der Waals surface area (Å²) in [5.41, 5.74) is -4.48. The number of nitrogens with one attached hydrogen (secondary N) is 1. The molecule has 0 aliphatic heterocycles. The molecule has 0 unspecified atom stereocenters. The molecule has 3 rings (SSSR count). The predicted octanol–water partition coefficient (Wildman–Crippen LogP) is 5.38. The van der Waals surface area contributed by atoms with Gasteiger partial charge in [-0.15, -0.1) is 0 Å².